The van der Waals surface area contributed by atoms with Gasteiger partial charge in [-0.3, -0.25) is 4.79 Å². The monoisotopic (exact) mass is 269 g/mol. The molecule has 3 nitrogen and oxygen atoms in total. The van der Waals surface area contributed by atoms with E-state index < -0.39 is 0 Å². The van der Waals surface area contributed by atoms with Gasteiger partial charge >= 0.3 is 0 Å². The second-order valence-electron chi connectivity index (χ2n) is 5.57. The van der Waals surface area contributed by atoms with Gasteiger partial charge in [-0.15, -0.1) is 0 Å². The molecule has 19 heavy (non-hydrogen) atoms. The fraction of sp³-hybridized carbons (Fsp3) is 0.938. The lowest BCUT2D eigenvalue weighted by atomic mass is 10.1. The van der Waals surface area contributed by atoms with Crippen molar-refractivity contribution in [2.75, 3.05) is 26.3 Å². The number of hydrogen-bond donors (Lipinski definition) is 0. The van der Waals surface area contributed by atoms with Crippen LogP contribution in [0.5, 0.6) is 0 Å². The lowest BCUT2D eigenvalue weighted by Gasteiger charge is -2.14. The number of carbonyl (C=O) groups is 1. The molecule has 0 aromatic carbocycles. The van der Waals surface area contributed by atoms with Crippen LogP contribution in [-0.4, -0.2) is 37.1 Å². The van der Waals surface area contributed by atoms with Gasteiger partial charge in [0, 0.05) is 32.7 Å². The molecular formula is C16H31NO2. The Morgan fingerprint density at radius 2 is 1.68 bits per heavy atom. The van der Waals surface area contributed by atoms with E-state index >= 15 is 0 Å². The molecule has 1 heterocycles. The highest BCUT2D eigenvalue weighted by atomic mass is 16.5. The number of likely N-dealkylation sites (tertiary alicyclic amines) is 1. The Morgan fingerprint density at radius 3 is 2.37 bits per heavy atom. The van der Waals surface area contributed by atoms with Gasteiger partial charge in [-0.25, -0.2) is 0 Å². The van der Waals surface area contributed by atoms with Crippen LogP contribution in [0, 0.1) is 0 Å². The van der Waals surface area contributed by atoms with E-state index in [4.69, 9.17) is 4.74 Å². The number of amides is 1. The molecule has 0 N–H and O–H groups in total. The van der Waals surface area contributed by atoms with Crippen molar-refractivity contribution in [2.45, 2.75) is 71.1 Å². The minimum atomic E-state index is 0.326. The summed E-state index contributed by atoms with van der Waals surface area (Å²) >= 11 is 0. The molecule has 0 aromatic rings. The zero-order valence-electron chi connectivity index (χ0n) is 12.7. The van der Waals surface area contributed by atoms with Gasteiger partial charge in [0.1, 0.15) is 0 Å². The van der Waals surface area contributed by atoms with Crippen molar-refractivity contribution in [3.8, 4) is 0 Å². The van der Waals surface area contributed by atoms with E-state index in [1.807, 2.05) is 4.90 Å². The summed E-state index contributed by atoms with van der Waals surface area (Å²) in [6.07, 6.45) is 12.1. The molecule has 1 saturated heterocycles. The van der Waals surface area contributed by atoms with E-state index in [1.165, 1.54) is 44.9 Å². The van der Waals surface area contributed by atoms with Crippen LogP contribution in [0.15, 0.2) is 0 Å². The van der Waals surface area contributed by atoms with Gasteiger partial charge in [-0.05, 0) is 19.3 Å². The van der Waals surface area contributed by atoms with Gasteiger partial charge in [0.2, 0.25) is 5.91 Å². The summed E-state index contributed by atoms with van der Waals surface area (Å²) in [6, 6.07) is 0. The van der Waals surface area contributed by atoms with Crippen molar-refractivity contribution >= 4 is 5.91 Å². The normalized spacial score (nSPS) is 15.4. The van der Waals surface area contributed by atoms with E-state index in [1.54, 1.807) is 0 Å². The predicted octanol–water partition coefficient (Wildman–Crippen LogP) is 3.77. The van der Waals surface area contributed by atoms with Crippen molar-refractivity contribution in [3.05, 3.63) is 0 Å². The molecule has 0 radical (unpaired) electrons. The Bertz CT molecular complexity index is 231. The summed E-state index contributed by atoms with van der Waals surface area (Å²) in [7, 11) is 0. The van der Waals surface area contributed by atoms with Gasteiger partial charge in [-0.2, -0.15) is 0 Å². The van der Waals surface area contributed by atoms with Gasteiger partial charge in [0.15, 0.2) is 0 Å². The van der Waals surface area contributed by atoms with Gasteiger partial charge in [-0.1, -0.05) is 45.4 Å². The van der Waals surface area contributed by atoms with E-state index in [0.717, 1.165) is 45.6 Å². The SMILES string of the molecule is CCCCCCCCCOCCCN1CCCC1=O. The highest BCUT2D eigenvalue weighted by Crippen LogP contribution is 2.10. The van der Waals surface area contributed by atoms with Gasteiger partial charge < -0.3 is 9.64 Å². The molecule has 0 atom stereocenters. The van der Waals surface area contributed by atoms with Crippen LogP contribution < -0.4 is 0 Å². The molecule has 1 rings (SSSR count). The zero-order valence-corrected chi connectivity index (χ0v) is 12.7. The molecule has 0 spiro atoms. The number of rotatable bonds is 12. The van der Waals surface area contributed by atoms with Crippen LogP contribution in [0.4, 0.5) is 0 Å². The number of hydrogen-bond acceptors (Lipinski definition) is 2. The van der Waals surface area contributed by atoms with Crippen LogP contribution in [0.1, 0.15) is 71.1 Å². The molecule has 0 bridgehead atoms. The molecule has 0 aromatic heterocycles. The molecule has 0 saturated carbocycles. The third-order valence-corrected chi connectivity index (χ3v) is 3.78. The zero-order chi connectivity index (χ0) is 13.8. The predicted molar refractivity (Wildman–Crippen MR) is 79.2 cm³/mol. The fourth-order valence-electron chi connectivity index (χ4n) is 2.56. The maximum absolute atomic E-state index is 11.4. The van der Waals surface area contributed by atoms with Crippen LogP contribution in [0.2, 0.25) is 0 Å². The van der Waals surface area contributed by atoms with E-state index in [-0.39, 0.29) is 0 Å². The second kappa shape index (κ2) is 11.3. The maximum Gasteiger partial charge on any atom is 0.222 e. The van der Waals surface area contributed by atoms with E-state index in [9.17, 15) is 4.79 Å². The third-order valence-electron chi connectivity index (χ3n) is 3.78. The van der Waals surface area contributed by atoms with Crippen LogP contribution >= 0.6 is 0 Å². The largest absolute Gasteiger partial charge is 0.381 e. The van der Waals surface area contributed by atoms with Crippen molar-refractivity contribution in [3.63, 3.8) is 0 Å². The number of carbonyl (C=O) groups excluding carboxylic acids is 1. The Hall–Kier alpha value is -0.570. The first kappa shape index (κ1) is 16.5. The molecule has 0 unspecified atom stereocenters. The quantitative estimate of drug-likeness (QED) is 0.505. The standard InChI is InChI=1S/C16H31NO2/c1-2-3-4-5-6-7-8-14-19-15-10-13-17-12-9-11-16(17)18/h2-15H2,1H3. The maximum atomic E-state index is 11.4. The Kier molecular flexibility index (Phi) is 9.78. The van der Waals surface area contributed by atoms with Crippen LogP contribution in [0.25, 0.3) is 0 Å². The van der Waals surface area contributed by atoms with Gasteiger partial charge in [0.05, 0.1) is 0 Å². The summed E-state index contributed by atoms with van der Waals surface area (Å²) in [5.41, 5.74) is 0. The first-order valence-corrected chi connectivity index (χ1v) is 8.20. The summed E-state index contributed by atoms with van der Waals surface area (Å²) in [6.45, 7) is 5.79. The molecule has 0 aliphatic carbocycles. The topological polar surface area (TPSA) is 29.5 Å². The third kappa shape index (κ3) is 8.25. The average Bonchev–Trinajstić information content (AvgIpc) is 2.82. The van der Waals surface area contributed by atoms with Crippen LogP contribution in [0.3, 0.4) is 0 Å². The fourth-order valence-corrected chi connectivity index (χ4v) is 2.56. The summed E-state index contributed by atoms with van der Waals surface area (Å²) in [4.78, 5) is 13.3. The van der Waals surface area contributed by atoms with Gasteiger partial charge in [0.25, 0.3) is 0 Å². The number of unbranched alkanes of at least 4 members (excludes halogenated alkanes) is 6. The lowest BCUT2D eigenvalue weighted by molar-refractivity contribution is -0.127. The molecule has 3 heteroatoms. The van der Waals surface area contributed by atoms with Crippen molar-refractivity contribution in [1.82, 2.24) is 4.90 Å². The van der Waals surface area contributed by atoms with Crippen molar-refractivity contribution in [2.24, 2.45) is 0 Å². The van der Waals surface area contributed by atoms with E-state index in [0.29, 0.717) is 5.91 Å². The molecule has 1 aliphatic rings. The second-order valence-corrected chi connectivity index (χ2v) is 5.57. The molecule has 1 fully saturated rings. The minimum absolute atomic E-state index is 0.326. The molecule has 112 valence electrons. The Labute approximate surface area is 118 Å². The Morgan fingerprint density at radius 1 is 1.00 bits per heavy atom. The first-order chi connectivity index (χ1) is 9.34. The lowest BCUT2D eigenvalue weighted by Crippen LogP contribution is -2.26. The van der Waals surface area contributed by atoms with Crippen molar-refractivity contribution < 1.29 is 9.53 Å². The number of ether oxygens (including phenoxy) is 1. The Balaban J connectivity index is 1.75. The average molecular weight is 269 g/mol. The molecular weight excluding hydrogens is 238 g/mol. The highest BCUT2D eigenvalue weighted by molar-refractivity contribution is 5.77. The smallest absolute Gasteiger partial charge is 0.222 e. The summed E-state index contributed by atoms with van der Waals surface area (Å²) in [5, 5.41) is 0. The number of nitrogens with zero attached hydrogens (tertiary/aromatic N) is 1. The first-order valence-electron chi connectivity index (χ1n) is 8.20. The summed E-state index contributed by atoms with van der Waals surface area (Å²) in [5.74, 6) is 0.326. The highest BCUT2D eigenvalue weighted by Gasteiger charge is 2.18. The van der Waals surface area contributed by atoms with E-state index in [2.05, 4.69) is 6.92 Å². The molecule has 1 amide bonds. The van der Waals surface area contributed by atoms with Crippen molar-refractivity contribution in [1.29, 1.82) is 0 Å². The summed E-state index contributed by atoms with van der Waals surface area (Å²) < 4.78 is 5.62. The minimum Gasteiger partial charge on any atom is -0.381 e. The van der Waals surface area contributed by atoms with Crippen LogP contribution in [-0.2, 0) is 9.53 Å². The molecule has 1 aliphatic heterocycles.